The molecule has 0 radical (unpaired) electrons. The Kier molecular flexibility index (Phi) is 3.47. The first-order valence-corrected chi connectivity index (χ1v) is 5.95. The molecule has 98 valence electrons. The summed E-state index contributed by atoms with van der Waals surface area (Å²) < 4.78 is 44.5. The molecule has 0 saturated carbocycles. The number of nitrogens with one attached hydrogen (secondary N) is 1. The fourth-order valence-corrected chi connectivity index (χ4v) is 2.12. The van der Waals surface area contributed by atoms with E-state index in [0.717, 1.165) is 25.1 Å². The summed E-state index contributed by atoms with van der Waals surface area (Å²) >= 11 is 5.13. The molecule has 1 aromatic carbocycles. The van der Waals surface area contributed by atoms with E-state index in [4.69, 9.17) is 17.0 Å². The van der Waals surface area contributed by atoms with Crippen molar-refractivity contribution in [2.24, 2.45) is 0 Å². The predicted molar refractivity (Wildman–Crippen MR) is 65.2 cm³/mol. The van der Waals surface area contributed by atoms with Crippen LogP contribution in [0.25, 0.3) is 0 Å². The lowest BCUT2D eigenvalue weighted by molar-refractivity contribution is 0.137. The highest BCUT2D eigenvalue weighted by Gasteiger charge is 2.34. The highest BCUT2D eigenvalue weighted by Crippen LogP contribution is 2.28. The highest BCUT2D eigenvalue weighted by atomic mass is 32.1. The topological polar surface area (TPSA) is 21.3 Å². The summed E-state index contributed by atoms with van der Waals surface area (Å²) in [7, 11) is 0. The third-order valence-corrected chi connectivity index (χ3v) is 3.47. The molecule has 0 spiro atoms. The molecule has 1 saturated heterocycles. The van der Waals surface area contributed by atoms with E-state index in [1.54, 1.807) is 6.92 Å². The van der Waals surface area contributed by atoms with Crippen molar-refractivity contribution < 1.29 is 17.9 Å². The Bertz CT molecular complexity index is 471. The average molecular weight is 275 g/mol. The Morgan fingerprint density at radius 3 is 2.44 bits per heavy atom. The van der Waals surface area contributed by atoms with Gasteiger partial charge in [0.25, 0.3) is 0 Å². The minimum atomic E-state index is -1.50. The van der Waals surface area contributed by atoms with E-state index in [2.05, 4.69) is 5.32 Å². The van der Waals surface area contributed by atoms with Crippen LogP contribution < -0.4 is 10.1 Å². The first-order valence-electron chi connectivity index (χ1n) is 5.54. The largest absolute Gasteiger partial charge is 0.480 e. The van der Waals surface area contributed by atoms with Gasteiger partial charge in [-0.25, -0.2) is 13.2 Å². The van der Waals surface area contributed by atoms with Gasteiger partial charge in [-0.1, -0.05) is 12.2 Å². The molecule has 2 nitrogen and oxygen atoms in total. The second-order valence-electron chi connectivity index (χ2n) is 4.39. The number of thiocarbonyl (C=S) groups is 1. The second kappa shape index (κ2) is 4.76. The van der Waals surface area contributed by atoms with Crippen molar-refractivity contribution in [1.29, 1.82) is 0 Å². The van der Waals surface area contributed by atoms with Crippen molar-refractivity contribution in [3.8, 4) is 5.75 Å². The van der Waals surface area contributed by atoms with Gasteiger partial charge in [0, 0.05) is 18.7 Å². The number of ether oxygens (including phenoxy) is 1. The quantitative estimate of drug-likeness (QED) is 0.662. The molecule has 1 fully saturated rings. The van der Waals surface area contributed by atoms with Gasteiger partial charge in [-0.05, 0) is 19.8 Å². The summed E-state index contributed by atoms with van der Waals surface area (Å²) in [5.41, 5.74) is -0.815. The van der Waals surface area contributed by atoms with Gasteiger partial charge in [-0.3, -0.25) is 0 Å². The van der Waals surface area contributed by atoms with Gasteiger partial charge in [0.2, 0.25) is 0 Å². The van der Waals surface area contributed by atoms with Crippen molar-refractivity contribution in [3.63, 3.8) is 0 Å². The molecule has 1 N–H and O–H groups in total. The molecule has 18 heavy (non-hydrogen) atoms. The van der Waals surface area contributed by atoms with Crippen molar-refractivity contribution in [1.82, 2.24) is 5.32 Å². The van der Waals surface area contributed by atoms with Crippen molar-refractivity contribution in [2.45, 2.75) is 25.4 Å². The summed E-state index contributed by atoms with van der Waals surface area (Å²) in [6.45, 7) is 2.49. The molecular formula is C12H12F3NOS. The molecule has 1 heterocycles. The molecular weight excluding hydrogens is 263 g/mol. The van der Waals surface area contributed by atoms with Crippen LogP contribution in [-0.2, 0) is 0 Å². The maximum absolute atomic E-state index is 13.1. The second-order valence-corrected chi connectivity index (χ2v) is 4.80. The Balaban J connectivity index is 2.26. The lowest BCUT2D eigenvalue weighted by Crippen LogP contribution is -2.51. The lowest BCUT2D eigenvalue weighted by atomic mass is 9.96. The molecule has 0 bridgehead atoms. The highest BCUT2D eigenvalue weighted by molar-refractivity contribution is 7.80. The zero-order valence-electron chi connectivity index (χ0n) is 9.73. The Labute approximate surface area is 108 Å². The van der Waals surface area contributed by atoms with Crippen LogP contribution in [0.3, 0.4) is 0 Å². The molecule has 1 aliphatic rings. The van der Waals surface area contributed by atoms with Crippen molar-refractivity contribution in [2.75, 3.05) is 6.54 Å². The SMILES string of the molecule is CC1(Oc2cc(F)c(F)c(F)c2)CCCNC1=S. The smallest absolute Gasteiger partial charge is 0.194 e. The molecule has 0 aromatic heterocycles. The van der Waals surface area contributed by atoms with Gasteiger partial charge < -0.3 is 10.1 Å². The maximum atomic E-state index is 13.1. The Morgan fingerprint density at radius 1 is 1.28 bits per heavy atom. The van der Waals surface area contributed by atoms with E-state index in [1.165, 1.54) is 0 Å². The van der Waals surface area contributed by atoms with Gasteiger partial charge >= 0.3 is 0 Å². The van der Waals surface area contributed by atoms with E-state index in [1.807, 2.05) is 0 Å². The third-order valence-electron chi connectivity index (χ3n) is 2.90. The Hall–Kier alpha value is -1.30. The fourth-order valence-electron chi connectivity index (χ4n) is 1.88. The first-order chi connectivity index (χ1) is 8.42. The summed E-state index contributed by atoms with van der Waals surface area (Å²) in [5.74, 6) is -4.12. The molecule has 2 rings (SSSR count). The van der Waals surface area contributed by atoms with Gasteiger partial charge in [0.15, 0.2) is 23.1 Å². The normalized spacial score (nSPS) is 23.7. The van der Waals surface area contributed by atoms with E-state index < -0.39 is 23.1 Å². The molecule has 1 unspecified atom stereocenters. The van der Waals surface area contributed by atoms with Gasteiger partial charge in [0.05, 0.1) is 0 Å². The zero-order valence-corrected chi connectivity index (χ0v) is 10.5. The van der Waals surface area contributed by atoms with E-state index in [-0.39, 0.29) is 5.75 Å². The number of rotatable bonds is 2. The fraction of sp³-hybridized carbons (Fsp3) is 0.417. The predicted octanol–water partition coefficient (Wildman–Crippen LogP) is 2.95. The van der Waals surface area contributed by atoms with Crippen molar-refractivity contribution >= 4 is 17.2 Å². The summed E-state index contributed by atoms with van der Waals surface area (Å²) in [4.78, 5) is 0.485. The Morgan fingerprint density at radius 2 is 1.89 bits per heavy atom. The van der Waals surface area contributed by atoms with Crippen LogP contribution in [0.4, 0.5) is 13.2 Å². The van der Waals surface area contributed by atoms with E-state index >= 15 is 0 Å². The molecule has 1 aliphatic heterocycles. The van der Waals surface area contributed by atoms with E-state index in [0.29, 0.717) is 11.4 Å². The summed E-state index contributed by atoms with van der Waals surface area (Å²) in [5, 5.41) is 2.98. The number of piperidine rings is 1. The monoisotopic (exact) mass is 275 g/mol. The third kappa shape index (κ3) is 2.43. The molecule has 6 heteroatoms. The van der Waals surface area contributed by atoms with Gasteiger partial charge in [0.1, 0.15) is 10.7 Å². The van der Waals surface area contributed by atoms with Gasteiger partial charge in [-0.2, -0.15) is 0 Å². The molecule has 1 atom stereocenters. The van der Waals surface area contributed by atoms with Crippen LogP contribution in [0.15, 0.2) is 12.1 Å². The number of halogens is 3. The molecule has 0 amide bonds. The minimum Gasteiger partial charge on any atom is -0.480 e. The number of hydrogen-bond donors (Lipinski definition) is 1. The van der Waals surface area contributed by atoms with Crippen LogP contribution in [0.2, 0.25) is 0 Å². The molecule has 0 aliphatic carbocycles. The maximum Gasteiger partial charge on any atom is 0.194 e. The summed E-state index contributed by atoms with van der Waals surface area (Å²) in [6.07, 6.45) is 1.47. The number of hydrogen-bond acceptors (Lipinski definition) is 2. The van der Waals surface area contributed by atoms with Crippen molar-refractivity contribution in [3.05, 3.63) is 29.6 Å². The van der Waals surface area contributed by atoms with Crippen LogP contribution in [-0.4, -0.2) is 17.1 Å². The zero-order chi connectivity index (χ0) is 13.3. The van der Waals surface area contributed by atoms with Crippen LogP contribution in [0.5, 0.6) is 5.75 Å². The average Bonchev–Trinajstić information content (AvgIpc) is 2.30. The summed E-state index contributed by atoms with van der Waals surface area (Å²) in [6, 6.07) is 1.64. The minimum absolute atomic E-state index is 0.0695. The van der Waals surface area contributed by atoms with Gasteiger partial charge in [-0.15, -0.1) is 0 Å². The van der Waals surface area contributed by atoms with Crippen LogP contribution in [0, 0.1) is 17.5 Å². The van der Waals surface area contributed by atoms with E-state index in [9.17, 15) is 13.2 Å². The first kappa shape index (κ1) is 13.1. The number of benzene rings is 1. The standard InChI is InChI=1S/C12H12F3NOS/c1-12(3-2-4-16-11(12)18)17-7-5-8(13)10(15)9(14)6-7/h5-6H,2-4H2,1H3,(H,16,18). The lowest BCUT2D eigenvalue weighted by Gasteiger charge is -2.35. The van der Waals surface area contributed by atoms with Crippen LogP contribution >= 0.6 is 12.2 Å². The van der Waals surface area contributed by atoms with Crippen LogP contribution in [0.1, 0.15) is 19.8 Å². The molecule has 1 aromatic rings.